The van der Waals surface area contributed by atoms with Crippen LogP contribution in [0.3, 0.4) is 0 Å². The number of aromatic amines is 1. The molecule has 1 rings (SSSR count). The van der Waals surface area contributed by atoms with Gasteiger partial charge in [0.2, 0.25) is 0 Å². The van der Waals surface area contributed by atoms with Crippen LogP contribution in [0.4, 0.5) is 0 Å². The highest BCUT2D eigenvalue weighted by Crippen LogP contribution is 2.20. The Bertz CT molecular complexity index is 196. The summed E-state index contributed by atoms with van der Waals surface area (Å²) in [6.45, 7) is 0.769. The minimum Gasteiger partial charge on any atom is -0.365 e. The van der Waals surface area contributed by atoms with E-state index in [1.807, 2.05) is 12.3 Å². The van der Waals surface area contributed by atoms with Gasteiger partial charge in [-0.05, 0) is 37.3 Å². The number of rotatable bonds is 5. The van der Waals surface area contributed by atoms with E-state index in [1.54, 1.807) is 0 Å². The summed E-state index contributed by atoms with van der Waals surface area (Å²) >= 11 is 4.31. The van der Waals surface area contributed by atoms with Gasteiger partial charge >= 0.3 is 0 Å². The molecule has 68 valence electrons. The number of nitrogens with one attached hydrogen (secondary N) is 1. The van der Waals surface area contributed by atoms with Gasteiger partial charge in [0.05, 0.1) is 0 Å². The second-order valence-corrected chi connectivity index (χ2v) is 3.30. The first-order valence-electron chi connectivity index (χ1n) is 4.32. The number of hydrogen-bond donors (Lipinski definition) is 3. The number of hydrogen-bond acceptors (Lipinski definition) is 2. The molecule has 3 N–H and O–H groups in total. The van der Waals surface area contributed by atoms with E-state index in [9.17, 15) is 0 Å². The van der Waals surface area contributed by atoms with Crippen molar-refractivity contribution in [1.82, 2.24) is 4.98 Å². The SMILES string of the molecule is NCCCC(CS)c1ccc[nH]1. The molecule has 1 aromatic rings. The van der Waals surface area contributed by atoms with Gasteiger partial charge in [0, 0.05) is 17.8 Å². The lowest BCUT2D eigenvalue weighted by atomic mass is 10.0. The van der Waals surface area contributed by atoms with E-state index in [0.29, 0.717) is 5.92 Å². The van der Waals surface area contributed by atoms with Gasteiger partial charge in [0.1, 0.15) is 0 Å². The smallest absolute Gasteiger partial charge is 0.0186 e. The lowest BCUT2D eigenvalue weighted by Gasteiger charge is -2.11. The van der Waals surface area contributed by atoms with Crippen molar-refractivity contribution in [3.8, 4) is 0 Å². The summed E-state index contributed by atoms with van der Waals surface area (Å²) in [4.78, 5) is 3.21. The van der Waals surface area contributed by atoms with Crippen molar-refractivity contribution in [2.24, 2.45) is 5.73 Å². The van der Waals surface area contributed by atoms with Crippen molar-refractivity contribution in [1.29, 1.82) is 0 Å². The predicted octanol–water partition coefficient (Wildman–Crippen LogP) is 1.77. The van der Waals surface area contributed by atoms with Crippen LogP contribution in [0.1, 0.15) is 24.5 Å². The van der Waals surface area contributed by atoms with Gasteiger partial charge in [-0.2, -0.15) is 12.6 Å². The fourth-order valence-electron chi connectivity index (χ4n) is 1.31. The normalized spacial score (nSPS) is 13.2. The summed E-state index contributed by atoms with van der Waals surface area (Å²) in [5, 5.41) is 0. The molecule has 12 heavy (non-hydrogen) atoms. The first-order valence-corrected chi connectivity index (χ1v) is 4.96. The molecular weight excluding hydrogens is 168 g/mol. The third-order valence-corrected chi connectivity index (χ3v) is 2.48. The molecule has 1 aromatic heterocycles. The molecule has 0 aliphatic heterocycles. The van der Waals surface area contributed by atoms with E-state index in [4.69, 9.17) is 5.73 Å². The molecule has 2 nitrogen and oxygen atoms in total. The Hall–Kier alpha value is -0.410. The Morgan fingerprint density at radius 1 is 1.58 bits per heavy atom. The van der Waals surface area contributed by atoms with Crippen LogP contribution in [0, 0.1) is 0 Å². The van der Waals surface area contributed by atoms with Crippen molar-refractivity contribution in [2.75, 3.05) is 12.3 Å². The fraction of sp³-hybridized carbons (Fsp3) is 0.556. The van der Waals surface area contributed by atoms with Gasteiger partial charge in [-0.15, -0.1) is 0 Å². The van der Waals surface area contributed by atoms with Crippen molar-refractivity contribution in [3.05, 3.63) is 24.0 Å². The topological polar surface area (TPSA) is 41.8 Å². The van der Waals surface area contributed by atoms with Crippen LogP contribution in [0.5, 0.6) is 0 Å². The van der Waals surface area contributed by atoms with Crippen LogP contribution < -0.4 is 5.73 Å². The van der Waals surface area contributed by atoms with Gasteiger partial charge in [0.25, 0.3) is 0 Å². The molecule has 0 bridgehead atoms. The molecule has 1 unspecified atom stereocenters. The summed E-state index contributed by atoms with van der Waals surface area (Å²) in [6, 6.07) is 4.13. The first-order chi connectivity index (χ1) is 5.88. The molecule has 0 amide bonds. The summed E-state index contributed by atoms with van der Waals surface area (Å²) in [6.07, 6.45) is 4.15. The van der Waals surface area contributed by atoms with Crippen molar-refractivity contribution in [3.63, 3.8) is 0 Å². The molecule has 0 aliphatic rings. The van der Waals surface area contributed by atoms with Crippen molar-refractivity contribution < 1.29 is 0 Å². The van der Waals surface area contributed by atoms with Crippen LogP contribution in [0.2, 0.25) is 0 Å². The number of thiol groups is 1. The molecule has 0 radical (unpaired) electrons. The Labute approximate surface area is 79.0 Å². The zero-order valence-electron chi connectivity index (χ0n) is 7.16. The Balaban J connectivity index is 2.45. The Morgan fingerprint density at radius 2 is 2.42 bits per heavy atom. The summed E-state index contributed by atoms with van der Waals surface area (Å²) < 4.78 is 0. The van der Waals surface area contributed by atoms with Crippen LogP contribution in [0.15, 0.2) is 18.3 Å². The lowest BCUT2D eigenvalue weighted by molar-refractivity contribution is 0.637. The monoisotopic (exact) mass is 184 g/mol. The molecule has 0 aromatic carbocycles. The third-order valence-electron chi connectivity index (χ3n) is 2.04. The quantitative estimate of drug-likeness (QED) is 0.600. The van der Waals surface area contributed by atoms with Crippen LogP contribution in [-0.4, -0.2) is 17.3 Å². The standard InChI is InChI=1S/C9H16N2S/c10-5-1-3-8(7-12)9-4-2-6-11-9/h2,4,6,8,11-12H,1,3,5,7,10H2. The Kier molecular flexibility index (Phi) is 4.25. The van der Waals surface area contributed by atoms with E-state index < -0.39 is 0 Å². The zero-order valence-corrected chi connectivity index (χ0v) is 8.06. The highest BCUT2D eigenvalue weighted by molar-refractivity contribution is 7.80. The predicted molar refractivity (Wildman–Crippen MR) is 55.7 cm³/mol. The summed E-state index contributed by atoms with van der Waals surface area (Å²) in [7, 11) is 0. The van der Waals surface area contributed by atoms with Crippen LogP contribution in [0.25, 0.3) is 0 Å². The molecular formula is C9H16N2S. The largest absolute Gasteiger partial charge is 0.365 e. The highest BCUT2D eigenvalue weighted by atomic mass is 32.1. The molecule has 0 fully saturated rings. The van der Waals surface area contributed by atoms with Crippen LogP contribution in [-0.2, 0) is 0 Å². The molecule has 3 heteroatoms. The molecule has 1 atom stereocenters. The van der Waals surface area contributed by atoms with E-state index in [0.717, 1.165) is 25.1 Å². The highest BCUT2D eigenvalue weighted by Gasteiger charge is 2.08. The van der Waals surface area contributed by atoms with E-state index in [1.165, 1.54) is 5.69 Å². The zero-order chi connectivity index (χ0) is 8.81. The Morgan fingerprint density at radius 3 is 2.92 bits per heavy atom. The van der Waals surface area contributed by atoms with E-state index in [2.05, 4.69) is 23.7 Å². The van der Waals surface area contributed by atoms with Crippen LogP contribution >= 0.6 is 12.6 Å². The van der Waals surface area contributed by atoms with Gasteiger partial charge in [-0.3, -0.25) is 0 Å². The maximum Gasteiger partial charge on any atom is 0.0186 e. The van der Waals surface area contributed by atoms with Gasteiger partial charge < -0.3 is 10.7 Å². The molecule has 0 aliphatic carbocycles. The second kappa shape index (κ2) is 5.27. The van der Waals surface area contributed by atoms with Gasteiger partial charge in [0.15, 0.2) is 0 Å². The van der Waals surface area contributed by atoms with E-state index in [-0.39, 0.29) is 0 Å². The molecule has 0 spiro atoms. The lowest BCUT2D eigenvalue weighted by Crippen LogP contribution is -2.05. The second-order valence-electron chi connectivity index (χ2n) is 2.94. The number of H-pyrrole nitrogens is 1. The minimum absolute atomic E-state index is 0.534. The minimum atomic E-state index is 0.534. The van der Waals surface area contributed by atoms with Gasteiger partial charge in [-0.1, -0.05) is 0 Å². The fourth-order valence-corrected chi connectivity index (χ4v) is 1.69. The van der Waals surface area contributed by atoms with E-state index >= 15 is 0 Å². The number of nitrogens with two attached hydrogens (primary N) is 1. The molecule has 0 saturated heterocycles. The third kappa shape index (κ3) is 2.57. The maximum atomic E-state index is 5.45. The van der Waals surface area contributed by atoms with Crippen molar-refractivity contribution in [2.45, 2.75) is 18.8 Å². The average Bonchev–Trinajstić information content (AvgIpc) is 2.59. The number of aromatic nitrogens is 1. The molecule has 1 heterocycles. The average molecular weight is 184 g/mol. The summed E-state index contributed by atoms with van der Waals surface area (Å²) in [5.41, 5.74) is 6.73. The van der Waals surface area contributed by atoms with Gasteiger partial charge in [-0.25, -0.2) is 0 Å². The summed E-state index contributed by atoms with van der Waals surface area (Å²) in [5.74, 6) is 1.42. The maximum absolute atomic E-state index is 5.45. The first kappa shape index (κ1) is 9.68. The van der Waals surface area contributed by atoms with Crippen molar-refractivity contribution >= 4 is 12.6 Å². The molecule has 0 saturated carbocycles.